The Hall–Kier alpha value is -3.05. The van der Waals surface area contributed by atoms with Crippen molar-refractivity contribution in [3.8, 4) is 11.5 Å². The largest absolute Gasteiger partial charge is 0.497 e. The third-order valence-corrected chi connectivity index (χ3v) is 4.25. The Labute approximate surface area is 162 Å². The minimum absolute atomic E-state index is 0.129. The van der Waals surface area contributed by atoms with Gasteiger partial charge in [-0.15, -0.1) is 0 Å². The molecule has 0 saturated heterocycles. The van der Waals surface area contributed by atoms with E-state index in [1.807, 2.05) is 43.3 Å². The number of carbonyl (C=O) groups is 1. The van der Waals surface area contributed by atoms with Crippen molar-refractivity contribution >= 4 is 34.0 Å². The highest BCUT2D eigenvalue weighted by atomic mass is 35.5. The third kappa shape index (κ3) is 4.99. The second-order valence-electron chi connectivity index (χ2n) is 5.90. The summed E-state index contributed by atoms with van der Waals surface area (Å²) in [5, 5.41) is 6.91. The Morgan fingerprint density at radius 1 is 1.00 bits per heavy atom. The summed E-state index contributed by atoms with van der Waals surface area (Å²) in [6, 6.07) is 18.7. The van der Waals surface area contributed by atoms with Gasteiger partial charge >= 0.3 is 0 Å². The number of ether oxygens (including phenoxy) is 2. The van der Waals surface area contributed by atoms with E-state index in [9.17, 15) is 4.79 Å². The molecule has 0 heterocycles. The Kier molecular flexibility index (Phi) is 5.94. The number of carbonyl (C=O) groups excluding carboxylic acids is 1. The predicted octanol–water partition coefficient (Wildman–Crippen LogP) is 4.42. The molecule has 3 aromatic carbocycles. The topological polar surface area (TPSA) is 59.9 Å². The molecule has 138 valence electrons. The van der Waals surface area contributed by atoms with Crippen LogP contribution in [0.2, 0.25) is 5.02 Å². The van der Waals surface area contributed by atoms with E-state index in [2.05, 4.69) is 10.5 Å². The first-order valence-corrected chi connectivity index (χ1v) is 8.72. The Morgan fingerprint density at radius 2 is 1.67 bits per heavy atom. The van der Waals surface area contributed by atoms with Crippen molar-refractivity contribution in [1.82, 2.24) is 5.43 Å². The number of amides is 1. The first kappa shape index (κ1) is 18.7. The molecule has 6 heteroatoms. The molecule has 0 aliphatic heterocycles. The second-order valence-corrected chi connectivity index (χ2v) is 6.34. The van der Waals surface area contributed by atoms with E-state index in [4.69, 9.17) is 21.1 Å². The van der Waals surface area contributed by atoms with Crippen molar-refractivity contribution in [2.24, 2.45) is 5.10 Å². The molecule has 1 N–H and O–H groups in total. The number of halogens is 1. The van der Waals surface area contributed by atoms with Gasteiger partial charge in [-0.25, -0.2) is 5.43 Å². The minimum Gasteiger partial charge on any atom is -0.497 e. The summed E-state index contributed by atoms with van der Waals surface area (Å²) in [6.07, 6.45) is 0. The Bertz CT molecular complexity index is 984. The molecule has 3 aromatic rings. The van der Waals surface area contributed by atoms with Crippen LogP contribution in [0.15, 0.2) is 65.8 Å². The maximum atomic E-state index is 11.9. The van der Waals surface area contributed by atoms with E-state index in [0.29, 0.717) is 16.5 Å². The highest BCUT2D eigenvalue weighted by molar-refractivity contribution is 6.30. The first-order valence-electron chi connectivity index (χ1n) is 8.35. The molecule has 0 aliphatic rings. The van der Waals surface area contributed by atoms with Crippen LogP contribution in [0.4, 0.5) is 0 Å². The van der Waals surface area contributed by atoms with Crippen LogP contribution < -0.4 is 14.9 Å². The zero-order valence-electron chi connectivity index (χ0n) is 15.0. The summed E-state index contributed by atoms with van der Waals surface area (Å²) < 4.78 is 10.6. The van der Waals surface area contributed by atoms with E-state index in [1.54, 1.807) is 31.4 Å². The molecule has 5 nitrogen and oxygen atoms in total. The molecule has 0 spiro atoms. The van der Waals surface area contributed by atoms with Gasteiger partial charge < -0.3 is 9.47 Å². The summed E-state index contributed by atoms with van der Waals surface area (Å²) in [5.41, 5.74) is 4.13. The van der Waals surface area contributed by atoms with Gasteiger partial charge in [0.15, 0.2) is 6.61 Å². The number of hydrogen-bond donors (Lipinski definition) is 1. The van der Waals surface area contributed by atoms with Crippen LogP contribution in [0, 0.1) is 0 Å². The SMILES string of the molecule is COc1ccc2cc(/C(C)=N\NC(=O)COc3ccc(Cl)cc3)ccc2c1. The van der Waals surface area contributed by atoms with Crippen molar-refractivity contribution < 1.29 is 14.3 Å². The molecule has 0 aromatic heterocycles. The number of hydrogen-bond acceptors (Lipinski definition) is 4. The van der Waals surface area contributed by atoms with Crippen molar-refractivity contribution in [3.05, 3.63) is 71.2 Å². The van der Waals surface area contributed by atoms with E-state index >= 15 is 0 Å². The summed E-state index contributed by atoms with van der Waals surface area (Å²) in [5.74, 6) is 1.05. The normalized spacial score (nSPS) is 11.3. The lowest BCUT2D eigenvalue weighted by Crippen LogP contribution is -2.25. The lowest BCUT2D eigenvalue weighted by Gasteiger charge is -2.07. The maximum Gasteiger partial charge on any atom is 0.277 e. The summed E-state index contributed by atoms with van der Waals surface area (Å²) in [4.78, 5) is 11.9. The predicted molar refractivity (Wildman–Crippen MR) is 108 cm³/mol. The molecule has 0 fully saturated rings. The number of fused-ring (bicyclic) bond motifs is 1. The van der Waals surface area contributed by atoms with Crippen LogP contribution in [0.25, 0.3) is 10.8 Å². The first-order chi connectivity index (χ1) is 13.0. The molecular formula is C21H19ClN2O3. The van der Waals surface area contributed by atoms with E-state index in [-0.39, 0.29) is 12.5 Å². The average Bonchev–Trinajstić information content (AvgIpc) is 2.70. The van der Waals surface area contributed by atoms with Gasteiger partial charge in [0.05, 0.1) is 12.8 Å². The van der Waals surface area contributed by atoms with Gasteiger partial charge in [0, 0.05) is 5.02 Å². The smallest absolute Gasteiger partial charge is 0.277 e. The summed E-state index contributed by atoms with van der Waals surface area (Å²) in [7, 11) is 1.64. The van der Waals surface area contributed by atoms with Crippen LogP contribution in [0.5, 0.6) is 11.5 Å². The van der Waals surface area contributed by atoms with Gasteiger partial charge in [-0.3, -0.25) is 4.79 Å². The van der Waals surface area contributed by atoms with Crippen molar-refractivity contribution in [1.29, 1.82) is 0 Å². The zero-order chi connectivity index (χ0) is 19.2. The maximum absolute atomic E-state index is 11.9. The number of benzene rings is 3. The van der Waals surface area contributed by atoms with Crippen LogP contribution in [-0.4, -0.2) is 25.3 Å². The Balaban J connectivity index is 1.61. The molecule has 1 amide bonds. The van der Waals surface area contributed by atoms with Gasteiger partial charge in [-0.05, 0) is 65.7 Å². The average molecular weight is 383 g/mol. The lowest BCUT2D eigenvalue weighted by molar-refractivity contribution is -0.123. The van der Waals surface area contributed by atoms with Crippen molar-refractivity contribution in [2.45, 2.75) is 6.92 Å². The quantitative estimate of drug-likeness (QED) is 0.507. The molecular weight excluding hydrogens is 364 g/mol. The van der Waals surface area contributed by atoms with Gasteiger partial charge in [-0.2, -0.15) is 5.10 Å². The van der Waals surface area contributed by atoms with Crippen LogP contribution >= 0.6 is 11.6 Å². The third-order valence-electron chi connectivity index (χ3n) is 4.00. The lowest BCUT2D eigenvalue weighted by atomic mass is 10.0. The summed E-state index contributed by atoms with van der Waals surface area (Å²) >= 11 is 5.81. The van der Waals surface area contributed by atoms with Crippen LogP contribution in [-0.2, 0) is 4.79 Å². The monoisotopic (exact) mass is 382 g/mol. The molecule has 0 bridgehead atoms. The standard InChI is InChI=1S/C21H19ClN2O3/c1-14(15-3-4-17-12-20(26-2)8-5-16(17)11-15)23-24-21(25)13-27-19-9-6-18(22)7-10-19/h3-12H,13H2,1-2H3,(H,24,25)/b23-14-. The van der Waals surface area contributed by atoms with Gasteiger partial charge in [-0.1, -0.05) is 29.8 Å². The molecule has 0 saturated carbocycles. The molecule has 0 atom stereocenters. The van der Waals surface area contributed by atoms with Crippen LogP contribution in [0.3, 0.4) is 0 Å². The molecule has 0 unspecified atom stereocenters. The number of hydrazone groups is 1. The molecule has 0 radical (unpaired) electrons. The van der Waals surface area contributed by atoms with Crippen molar-refractivity contribution in [3.63, 3.8) is 0 Å². The second kappa shape index (κ2) is 8.56. The molecule has 0 aliphatic carbocycles. The Morgan fingerprint density at radius 3 is 2.41 bits per heavy atom. The highest BCUT2D eigenvalue weighted by Crippen LogP contribution is 2.22. The fourth-order valence-corrected chi connectivity index (χ4v) is 2.62. The summed E-state index contributed by atoms with van der Waals surface area (Å²) in [6.45, 7) is 1.71. The van der Waals surface area contributed by atoms with Crippen LogP contribution in [0.1, 0.15) is 12.5 Å². The number of rotatable bonds is 6. The number of methoxy groups -OCH3 is 1. The van der Waals surface area contributed by atoms with Gasteiger partial charge in [0.1, 0.15) is 11.5 Å². The van der Waals surface area contributed by atoms with Gasteiger partial charge in [0.25, 0.3) is 5.91 Å². The van der Waals surface area contributed by atoms with Crippen molar-refractivity contribution in [2.75, 3.05) is 13.7 Å². The van der Waals surface area contributed by atoms with E-state index in [0.717, 1.165) is 22.1 Å². The fraction of sp³-hybridized carbons (Fsp3) is 0.143. The number of nitrogens with zero attached hydrogens (tertiary/aromatic N) is 1. The van der Waals surface area contributed by atoms with E-state index < -0.39 is 0 Å². The van der Waals surface area contributed by atoms with Gasteiger partial charge in [0.2, 0.25) is 0 Å². The highest BCUT2D eigenvalue weighted by Gasteiger charge is 2.05. The number of nitrogens with one attached hydrogen (secondary N) is 1. The zero-order valence-corrected chi connectivity index (χ0v) is 15.8. The molecule has 27 heavy (non-hydrogen) atoms. The minimum atomic E-state index is -0.338. The fourth-order valence-electron chi connectivity index (χ4n) is 2.50. The molecule has 3 rings (SSSR count). The van der Waals surface area contributed by atoms with E-state index in [1.165, 1.54) is 0 Å².